The van der Waals surface area contributed by atoms with Crippen LogP contribution in [0.3, 0.4) is 0 Å². The Morgan fingerprint density at radius 1 is 1.20 bits per heavy atom. The first-order valence-corrected chi connectivity index (χ1v) is 7.85. The number of benzene rings is 1. The van der Waals surface area contributed by atoms with Crippen LogP contribution < -0.4 is 5.32 Å². The molecule has 1 aliphatic carbocycles. The highest BCUT2D eigenvalue weighted by molar-refractivity contribution is 5.83. The molecule has 20 heavy (non-hydrogen) atoms. The second kappa shape index (κ2) is 7.44. The molecule has 110 valence electrons. The van der Waals surface area contributed by atoms with Crippen LogP contribution in [0, 0.1) is 0 Å². The highest BCUT2D eigenvalue weighted by atomic mass is 16.2. The van der Waals surface area contributed by atoms with Crippen molar-refractivity contribution in [3.05, 3.63) is 35.9 Å². The van der Waals surface area contributed by atoms with E-state index in [4.69, 9.17) is 0 Å². The van der Waals surface area contributed by atoms with Gasteiger partial charge in [-0.25, -0.2) is 0 Å². The van der Waals surface area contributed by atoms with Crippen molar-refractivity contribution in [2.75, 3.05) is 13.1 Å². The van der Waals surface area contributed by atoms with Gasteiger partial charge in [0.2, 0.25) is 5.91 Å². The average molecular weight is 274 g/mol. The molecule has 1 N–H and O–H groups in total. The van der Waals surface area contributed by atoms with Crippen molar-refractivity contribution in [3.8, 4) is 0 Å². The lowest BCUT2D eigenvalue weighted by molar-refractivity contribution is -0.127. The van der Waals surface area contributed by atoms with E-state index in [1.54, 1.807) is 0 Å². The summed E-state index contributed by atoms with van der Waals surface area (Å²) in [7, 11) is 0. The van der Waals surface area contributed by atoms with Gasteiger partial charge in [0, 0.05) is 6.04 Å². The molecule has 3 nitrogen and oxygen atoms in total. The first-order chi connectivity index (χ1) is 9.76. The molecule has 0 radical (unpaired) electrons. The van der Waals surface area contributed by atoms with Crippen molar-refractivity contribution in [2.24, 2.45) is 0 Å². The summed E-state index contributed by atoms with van der Waals surface area (Å²) < 4.78 is 0. The number of hydrogen-bond donors (Lipinski definition) is 1. The third-order valence-corrected chi connectivity index (χ3v) is 4.24. The Balaban J connectivity index is 2.14. The highest BCUT2D eigenvalue weighted by Crippen LogP contribution is 2.23. The van der Waals surface area contributed by atoms with Gasteiger partial charge in [-0.1, -0.05) is 57.0 Å². The molecule has 0 aliphatic heterocycles. The summed E-state index contributed by atoms with van der Waals surface area (Å²) in [5.41, 5.74) is 1.09. The highest BCUT2D eigenvalue weighted by Gasteiger charge is 2.28. The molecule has 0 bridgehead atoms. The lowest BCUT2D eigenvalue weighted by atomic mass is 10.0. The predicted octanol–water partition coefficient (Wildman–Crippen LogP) is 3.13. The number of carbonyl (C=O) groups excluding carboxylic acids is 1. The minimum Gasteiger partial charge on any atom is -0.352 e. The fourth-order valence-electron chi connectivity index (χ4n) is 3.10. The number of nitrogens with zero attached hydrogens (tertiary/aromatic N) is 1. The number of likely N-dealkylation sites (N-methyl/N-ethyl adjacent to an activating group) is 1. The SMILES string of the molecule is CCN(CC)[C@@H](C(=O)NC1CCCC1)c1ccccc1. The maximum Gasteiger partial charge on any atom is 0.242 e. The molecule has 1 atom stereocenters. The van der Waals surface area contributed by atoms with E-state index in [-0.39, 0.29) is 11.9 Å². The predicted molar refractivity (Wildman–Crippen MR) is 82.5 cm³/mol. The lowest BCUT2D eigenvalue weighted by Gasteiger charge is -2.30. The molecule has 3 heteroatoms. The summed E-state index contributed by atoms with van der Waals surface area (Å²) in [6.07, 6.45) is 4.75. The third kappa shape index (κ3) is 3.60. The molecule has 1 aromatic rings. The fraction of sp³-hybridized carbons (Fsp3) is 0.588. The Hall–Kier alpha value is -1.35. The maximum atomic E-state index is 12.7. The van der Waals surface area contributed by atoms with E-state index < -0.39 is 0 Å². The van der Waals surface area contributed by atoms with E-state index in [2.05, 4.69) is 36.2 Å². The van der Waals surface area contributed by atoms with E-state index in [1.165, 1.54) is 12.8 Å². The van der Waals surface area contributed by atoms with Gasteiger partial charge in [-0.05, 0) is 31.5 Å². The molecule has 1 fully saturated rings. The van der Waals surface area contributed by atoms with Gasteiger partial charge in [-0.15, -0.1) is 0 Å². The molecule has 1 aromatic carbocycles. The molecule has 0 spiro atoms. The van der Waals surface area contributed by atoms with Crippen LogP contribution in [0.1, 0.15) is 51.1 Å². The summed E-state index contributed by atoms with van der Waals surface area (Å²) >= 11 is 0. The Bertz CT molecular complexity index is 408. The first kappa shape index (κ1) is 15.0. The van der Waals surface area contributed by atoms with Crippen molar-refractivity contribution in [2.45, 2.75) is 51.6 Å². The zero-order valence-electron chi connectivity index (χ0n) is 12.6. The zero-order chi connectivity index (χ0) is 14.4. The number of rotatable bonds is 6. The van der Waals surface area contributed by atoms with Crippen molar-refractivity contribution < 1.29 is 4.79 Å². The van der Waals surface area contributed by atoms with E-state index in [0.717, 1.165) is 31.5 Å². The minimum absolute atomic E-state index is 0.159. The first-order valence-electron chi connectivity index (χ1n) is 7.85. The van der Waals surface area contributed by atoms with Crippen LogP contribution in [0.15, 0.2) is 30.3 Å². The molecule has 0 heterocycles. The summed E-state index contributed by atoms with van der Waals surface area (Å²) in [6, 6.07) is 10.3. The molecule has 1 aliphatic rings. The Morgan fingerprint density at radius 2 is 1.80 bits per heavy atom. The van der Waals surface area contributed by atoms with Gasteiger partial charge >= 0.3 is 0 Å². The van der Waals surface area contributed by atoms with Gasteiger partial charge in [0.1, 0.15) is 6.04 Å². The number of nitrogens with one attached hydrogen (secondary N) is 1. The normalized spacial score (nSPS) is 17.4. The molecule has 0 aromatic heterocycles. The second-order valence-corrected chi connectivity index (χ2v) is 5.52. The molecule has 2 rings (SSSR count). The summed E-state index contributed by atoms with van der Waals surface area (Å²) in [5, 5.41) is 3.25. The van der Waals surface area contributed by atoms with Gasteiger partial charge < -0.3 is 5.32 Å². The van der Waals surface area contributed by atoms with Crippen LogP contribution in [0.2, 0.25) is 0 Å². The van der Waals surface area contributed by atoms with Crippen LogP contribution in [0.5, 0.6) is 0 Å². The van der Waals surface area contributed by atoms with Gasteiger partial charge in [-0.3, -0.25) is 9.69 Å². The van der Waals surface area contributed by atoms with Crippen LogP contribution in [-0.4, -0.2) is 29.9 Å². The van der Waals surface area contributed by atoms with E-state index in [0.29, 0.717) is 6.04 Å². The summed E-state index contributed by atoms with van der Waals surface area (Å²) in [4.78, 5) is 14.9. The van der Waals surface area contributed by atoms with Crippen LogP contribution >= 0.6 is 0 Å². The quantitative estimate of drug-likeness (QED) is 0.864. The summed E-state index contributed by atoms with van der Waals surface area (Å²) in [6.45, 7) is 5.99. The Morgan fingerprint density at radius 3 is 2.35 bits per heavy atom. The van der Waals surface area contributed by atoms with Crippen molar-refractivity contribution >= 4 is 5.91 Å². The molecule has 1 saturated carbocycles. The van der Waals surface area contributed by atoms with Gasteiger partial charge in [0.25, 0.3) is 0 Å². The topological polar surface area (TPSA) is 32.3 Å². The smallest absolute Gasteiger partial charge is 0.242 e. The molecule has 0 saturated heterocycles. The number of carbonyl (C=O) groups is 1. The van der Waals surface area contributed by atoms with Crippen molar-refractivity contribution in [3.63, 3.8) is 0 Å². The second-order valence-electron chi connectivity index (χ2n) is 5.52. The number of hydrogen-bond acceptors (Lipinski definition) is 2. The van der Waals surface area contributed by atoms with Crippen LogP contribution in [-0.2, 0) is 4.79 Å². The van der Waals surface area contributed by atoms with E-state index >= 15 is 0 Å². The largest absolute Gasteiger partial charge is 0.352 e. The zero-order valence-corrected chi connectivity index (χ0v) is 12.6. The van der Waals surface area contributed by atoms with E-state index in [9.17, 15) is 4.79 Å². The molecule has 1 amide bonds. The average Bonchev–Trinajstić information content (AvgIpc) is 2.98. The van der Waals surface area contributed by atoms with Crippen LogP contribution in [0.4, 0.5) is 0 Å². The van der Waals surface area contributed by atoms with Crippen molar-refractivity contribution in [1.29, 1.82) is 0 Å². The standard InChI is InChI=1S/C17H26N2O/c1-3-19(4-2)16(14-10-6-5-7-11-14)17(20)18-15-12-8-9-13-15/h5-7,10-11,15-16H,3-4,8-9,12-13H2,1-2H3,(H,18,20)/t16-/m1/s1. The fourth-order valence-corrected chi connectivity index (χ4v) is 3.10. The summed E-state index contributed by atoms with van der Waals surface area (Å²) in [5.74, 6) is 0.159. The number of amides is 1. The molecular formula is C17H26N2O. The Kier molecular flexibility index (Phi) is 5.60. The van der Waals surface area contributed by atoms with Crippen LogP contribution in [0.25, 0.3) is 0 Å². The van der Waals surface area contributed by atoms with Gasteiger partial charge in [0.15, 0.2) is 0 Å². The molecular weight excluding hydrogens is 248 g/mol. The minimum atomic E-state index is -0.160. The van der Waals surface area contributed by atoms with Gasteiger partial charge in [-0.2, -0.15) is 0 Å². The maximum absolute atomic E-state index is 12.7. The third-order valence-electron chi connectivity index (χ3n) is 4.24. The van der Waals surface area contributed by atoms with Crippen molar-refractivity contribution in [1.82, 2.24) is 10.2 Å². The monoisotopic (exact) mass is 274 g/mol. The van der Waals surface area contributed by atoms with Gasteiger partial charge in [0.05, 0.1) is 0 Å². The Labute approximate surface area is 122 Å². The molecule has 0 unspecified atom stereocenters. The van der Waals surface area contributed by atoms with E-state index in [1.807, 2.05) is 18.2 Å². The lowest BCUT2D eigenvalue weighted by Crippen LogP contribution is -2.43.